The minimum absolute atomic E-state index is 0.130. The minimum atomic E-state index is -0.318. The molecule has 3 rings (SSSR count). The quantitative estimate of drug-likeness (QED) is 0.660. The van der Waals surface area contributed by atoms with E-state index in [9.17, 15) is 4.79 Å². The van der Waals surface area contributed by atoms with Gasteiger partial charge in [0.25, 0.3) is 5.91 Å². The molecule has 0 fully saturated rings. The average molecular weight is 356 g/mol. The fourth-order valence-electron chi connectivity index (χ4n) is 2.26. The molecule has 8 nitrogen and oxygen atoms in total. The molecule has 0 saturated heterocycles. The Hall–Kier alpha value is -3.16. The summed E-state index contributed by atoms with van der Waals surface area (Å²) in [6, 6.07) is 8.79. The lowest BCUT2D eigenvalue weighted by atomic mass is 10.2. The Bertz CT molecular complexity index is 854. The third-order valence-corrected chi connectivity index (χ3v) is 3.59. The van der Waals surface area contributed by atoms with Crippen molar-refractivity contribution < 1.29 is 18.6 Å². The van der Waals surface area contributed by atoms with Crippen LogP contribution < -0.4 is 10.1 Å². The van der Waals surface area contributed by atoms with Gasteiger partial charge in [0.15, 0.2) is 12.4 Å². The van der Waals surface area contributed by atoms with Crippen LogP contribution in [0.25, 0.3) is 11.4 Å². The Balaban J connectivity index is 1.52. The van der Waals surface area contributed by atoms with Crippen LogP contribution in [0.1, 0.15) is 31.4 Å². The van der Waals surface area contributed by atoms with E-state index in [1.54, 1.807) is 25.1 Å². The number of nitrogens with zero attached hydrogens (tertiary/aromatic N) is 3. The number of aromatic nitrogens is 3. The molecule has 0 atom stereocenters. The molecule has 1 aromatic carbocycles. The van der Waals surface area contributed by atoms with Gasteiger partial charge in [-0.3, -0.25) is 4.79 Å². The number of hydrogen-bond acceptors (Lipinski definition) is 7. The number of aryl methyl sites for hydroxylation is 2. The second-order valence-electron chi connectivity index (χ2n) is 5.80. The van der Waals surface area contributed by atoms with Crippen LogP contribution in [-0.2, 0) is 11.2 Å². The molecule has 2 aromatic heterocycles. The van der Waals surface area contributed by atoms with Crippen molar-refractivity contribution in [1.29, 1.82) is 0 Å². The average Bonchev–Trinajstić information content (AvgIpc) is 3.28. The van der Waals surface area contributed by atoms with Gasteiger partial charge < -0.3 is 19.1 Å². The third-order valence-electron chi connectivity index (χ3n) is 3.59. The van der Waals surface area contributed by atoms with Gasteiger partial charge in [-0.1, -0.05) is 23.7 Å². The Kier molecular flexibility index (Phi) is 5.62. The predicted molar refractivity (Wildman–Crippen MR) is 93.7 cm³/mol. The molecule has 136 valence electrons. The predicted octanol–water partition coefficient (Wildman–Crippen LogP) is 3.39. The van der Waals surface area contributed by atoms with Crippen LogP contribution in [0.3, 0.4) is 0 Å². The first-order valence-electron chi connectivity index (χ1n) is 8.43. The number of anilines is 1. The van der Waals surface area contributed by atoms with Crippen molar-refractivity contribution in [1.82, 2.24) is 15.3 Å². The van der Waals surface area contributed by atoms with Gasteiger partial charge in [0.2, 0.25) is 11.7 Å². The molecule has 2 heterocycles. The molecule has 0 bridgehead atoms. The van der Waals surface area contributed by atoms with Crippen LogP contribution in [0.4, 0.5) is 5.82 Å². The Morgan fingerprint density at radius 1 is 1.19 bits per heavy atom. The summed E-state index contributed by atoms with van der Waals surface area (Å²) in [4.78, 5) is 16.2. The van der Waals surface area contributed by atoms with Gasteiger partial charge in [0.1, 0.15) is 11.5 Å². The van der Waals surface area contributed by atoms with Crippen molar-refractivity contribution in [2.45, 2.75) is 33.1 Å². The maximum Gasteiger partial charge on any atom is 0.263 e. The van der Waals surface area contributed by atoms with Crippen molar-refractivity contribution in [3.05, 3.63) is 42.0 Å². The largest absolute Gasteiger partial charge is 0.484 e. The summed E-state index contributed by atoms with van der Waals surface area (Å²) in [7, 11) is 0. The second kappa shape index (κ2) is 8.28. The summed E-state index contributed by atoms with van der Waals surface area (Å²) in [5.74, 6) is 2.42. The van der Waals surface area contributed by atoms with E-state index in [0.717, 1.165) is 24.8 Å². The van der Waals surface area contributed by atoms with Crippen LogP contribution in [0.15, 0.2) is 39.4 Å². The lowest BCUT2D eigenvalue weighted by Gasteiger charge is -2.06. The summed E-state index contributed by atoms with van der Waals surface area (Å²) in [6.45, 7) is 3.73. The molecule has 0 spiro atoms. The molecule has 3 aromatic rings. The molecule has 26 heavy (non-hydrogen) atoms. The maximum absolute atomic E-state index is 11.8. The van der Waals surface area contributed by atoms with Crippen molar-refractivity contribution in [2.24, 2.45) is 0 Å². The highest BCUT2D eigenvalue weighted by Crippen LogP contribution is 2.20. The number of carbonyl (C=O) groups is 1. The molecule has 1 N–H and O–H groups in total. The van der Waals surface area contributed by atoms with E-state index in [0.29, 0.717) is 29.0 Å². The first-order valence-corrected chi connectivity index (χ1v) is 8.43. The normalized spacial score (nSPS) is 10.7. The van der Waals surface area contributed by atoms with E-state index in [1.807, 2.05) is 12.1 Å². The minimum Gasteiger partial charge on any atom is -0.484 e. The van der Waals surface area contributed by atoms with Gasteiger partial charge >= 0.3 is 0 Å². The highest BCUT2D eigenvalue weighted by atomic mass is 16.5. The molecule has 0 aliphatic heterocycles. The van der Waals surface area contributed by atoms with Gasteiger partial charge in [-0.2, -0.15) is 4.98 Å². The number of hydrogen-bond donors (Lipinski definition) is 1. The van der Waals surface area contributed by atoms with Gasteiger partial charge in [0.05, 0.1) is 0 Å². The molecule has 0 saturated carbocycles. The number of carbonyl (C=O) groups excluding carboxylic acids is 1. The van der Waals surface area contributed by atoms with Gasteiger partial charge in [-0.05, 0) is 37.6 Å². The van der Waals surface area contributed by atoms with Crippen LogP contribution in [0, 0.1) is 6.92 Å². The molecular formula is C18H20N4O4. The molecule has 0 unspecified atom stereocenters. The zero-order valence-electron chi connectivity index (χ0n) is 14.7. The molecule has 0 radical (unpaired) electrons. The molecule has 8 heteroatoms. The zero-order valence-corrected chi connectivity index (χ0v) is 14.7. The van der Waals surface area contributed by atoms with Gasteiger partial charge in [-0.25, -0.2) is 0 Å². The molecule has 1 amide bonds. The summed E-state index contributed by atoms with van der Waals surface area (Å²) in [5, 5.41) is 10.3. The van der Waals surface area contributed by atoms with Crippen LogP contribution in [-0.4, -0.2) is 27.8 Å². The Morgan fingerprint density at radius 3 is 2.69 bits per heavy atom. The van der Waals surface area contributed by atoms with E-state index >= 15 is 0 Å². The monoisotopic (exact) mass is 356 g/mol. The highest BCUT2D eigenvalue weighted by molar-refractivity contribution is 5.90. The number of nitrogens with one attached hydrogen (secondary N) is 1. The van der Waals surface area contributed by atoms with Gasteiger partial charge in [0, 0.05) is 18.1 Å². The van der Waals surface area contributed by atoms with Crippen molar-refractivity contribution in [3.8, 4) is 17.1 Å². The van der Waals surface area contributed by atoms with Crippen LogP contribution in [0.2, 0.25) is 0 Å². The van der Waals surface area contributed by atoms with E-state index in [2.05, 4.69) is 27.5 Å². The lowest BCUT2D eigenvalue weighted by molar-refractivity contribution is -0.118. The number of benzene rings is 1. The smallest absolute Gasteiger partial charge is 0.263 e. The van der Waals surface area contributed by atoms with E-state index < -0.39 is 0 Å². The number of ether oxygens (including phenoxy) is 1. The van der Waals surface area contributed by atoms with Crippen LogP contribution >= 0.6 is 0 Å². The lowest BCUT2D eigenvalue weighted by Crippen LogP contribution is -2.20. The van der Waals surface area contributed by atoms with E-state index in [1.165, 1.54) is 0 Å². The summed E-state index contributed by atoms with van der Waals surface area (Å²) in [6.07, 6.45) is 2.88. The highest BCUT2D eigenvalue weighted by Gasteiger charge is 2.10. The summed E-state index contributed by atoms with van der Waals surface area (Å²) < 4.78 is 15.6. The number of unbranched alkanes of at least 4 members (excludes halogenated alkanes) is 1. The van der Waals surface area contributed by atoms with Crippen LogP contribution in [0.5, 0.6) is 5.75 Å². The number of amides is 1. The first-order chi connectivity index (χ1) is 12.6. The SMILES string of the molecule is CCCCc1nc(-c2ccc(OCC(=O)Nc3cc(C)on3)cc2)no1. The second-order valence-corrected chi connectivity index (χ2v) is 5.80. The molecule has 0 aliphatic rings. The standard InChI is InChI=1S/C18H20N4O4/c1-3-4-5-17-20-18(22-26-17)13-6-8-14(9-7-13)24-11-16(23)19-15-10-12(2)25-21-15/h6-10H,3-5,11H2,1-2H3,(H,19,21,23). The maximum atomic E-state index is 11.8. The Labute approximate surface area is 150 Å². The van der Waals surface area contributed by atoms with E-state index in [-0.39, 0.29) is 12.5 Å². The van der Waals surface area contributed by atoms with Crippen molar-refractivity contribution >= 4 is 11.7 Å². The van der Waals surface area contributed by atoms with E-state index in [4.69, 9.17) is 13.8 Å². The van der Waals surface area contributed by atoms with Crippen molar-refractivity contribution in [2.75, 3.05) is 11.9 Å². The third kappa shape index (κ3) is 4.69. The van der Waals surface area contributed by atoms with Gasteiger partial charge in [-0.15, -0.1) is 0 Å². The van der Waals surface area contributed by atoms with Crippen molar-refractivity contribution in [3.63, 3.8) is 0 Å². The summed E-state index contributed by atoms with van der Waals surface area (Å²) in [5.41, 5.74) is 0.825. The zero-order chi connectivity index (χ0) is 18.4. The molecule has 0 aliphatic carbocycles. The fraction of sp³-hybridized carbons (Fsp3) is 0.333. The topological polar surface area (TPSA) is 103 Å². The summed E-state index contributed by atoms with van der Waals surface area (Å²) >= 11 is 0. The Morgan fingerprint density at radius 2 is 2.00 bits per heavy atom. The first kappa shape index (κ1) is 17.7. The number of rotatable bonds is 8. The fourth-order valence-corrected chi connectivity index (χ4v) is 2.26. The molecular weight excluding hydrogens is 336 g/mol.